The lowest BCUT2D eigenvalue weighted by Gasteiger charge is -2.21. The summed E-state index contributed by atoms with van der Waals surface area (Å²) in [6, 6.07) is 3.89. The lowest BCUT2D eigenvalue weighted by Crippen LogP contribution is -2.14. The summed E-state index contributed by atoms with van der Waals surface area (Å²) in [6.45, 7) is 4.70. The SMILES string of the molecule is Cc1cc(-c2cnn(CC3CCCCC3)c2)cc(C)c1C(=O)O. The monoisotopic (exact) mass is 312 g/mol. The van der Waals surface area contributed by atoms with E-state index in [1.807, 2.05) is 36.9 Å². The quantitative estimate of drug-likeness (QED) is 0.907. The molecule has 0 amide bonds. The van der Waals surface area contributed by atoms with Gasteiger partial charge in [0.05, 0.1) is 11.8 Å². The molecular weight excluding hydrogens is 288 g/mol. The van der Waals surface area contributed by atoms with Gasteiger partial charge in [-0.2, -0.15) is 5.10 Å². The molecule has 1 saturated carbocycles. The number of carboxylic acids is 1. The van der Waals surface area contributed by atoms with E-state index >= 15 is 0 Å². The number of hydrogen-bond acceptors (Lipinski definition) is 2. The van der Waals surface area contributed by atoms with Crippen molar-refractivity contribution in [2.45, 2.75) is 52.5 Å². The van der Waals surface area contributed by atoms with E-state index in [0.717, 1.165) is 34.7 Å². The molecule has 0 radical (unpaired) electrons. The first kappa shape index (κ1) is 15.8. The first-order chi connectivity index (χ1) is 11.0. The summed E-state index contributed by atoms with van der Waals surface area (Å²) >= 11 is 0. The number of aromatic carboxylic acids is 1. The minimum atomic E-state index is -0.862. The number of nitrogens with zero attached hydrogens (tertiary/aromatic N) is 2. The molecule has 0 aliphatic heterocycles. The van der Waals surface area contributed by atoms with Crippen LogP contribution in [-0.2, 0) is 6.54 Å². The largest absolute Gasteiger partial charge is 0.478 e. The third-order valence-electron chi connectivity index (χ3n) is 4.88. The molecule has 0 bridgehead atoms. The van der Waals surface area contributed by atoms with Crippen molar-refractivity contribution in [2.24, 2.45) is 5.92 Å². The molecule has 0 saturated heterocycles. The van der Waals surface area contributed by atoms with Gasteiger partial charge >= 0.3 is 5.97 Å². The van der Waals surface area contributed by atoms with Crippen molar-refractivity contribution in [3.63, 3.8) is 0 Å². The standard InChI is InChI=1S/C19H24N2O2/c1-13-8-16(9-14(2)18(13)19(22)23)17-10-20-21(12-17)11-15-6-4-3-5-7-15/h8-10,12,15H,3-7,11H2,1-2H3,(H,22,23). The topological polar surface area (TPSA) is 55.1 Å². The van der Waals surface area contributed by atoms with E-state index < -0.39 is 5.97 Å². The third-order valence-corrected chi connectivity index (χ3v) is 4.88. The lowest BCUT2D eigenvalue weighted by molar-refractivity contribution is 0.0695. The van der Waals surface area contributed by atoms with Crippen molar-refractivity contribution in [1.82, 2.24) is 9.78 Å². The predicted octanol–water partition coefficient (Wildman–Crippen LogP) is 4.45. The number of benzene rings is 1. The van der Waals surface area contributed by atoms with Gasteiger partial charge < -0.3 is 5.11 Å². The number of aromatic nitrogens is 2. The van der Waals surface area contributed by atoms with Crippen LogP contribution in [0.4, 0.5) is 0 Å². The van der Waals surface area contributed by atoms with Gasteiger partial charge in [-0.25, -0.2) is 4.79 Å². The molecule has 23 heavy (non-hydrogen) atoms. The molecule has 1 aromatic carbocycles. The van der Waals surface area contributed by atoms with E-state index in [0.29, 0.717) is 5.56 Å². The Hall–Kier alpha value is -2.10. The van der Waals surface area contributed by atoms with E-state index in [1.165, 1.54) is 32.1 Å². The van der Waals surface area contributed by atoms with Crippen molar-refractivity contribution >= 4 is 5.97 Å². The average molecular weight is 312 g/mol. The Labute approximate surface area is 137 Å². The van der Waals surface area contributed by atoms with Gasteiger partial charge in [0, 0.05) is 18.3 Å². The summed E-state index contributed by atoms with van der Waals surface area (Å²) < 4.78 is 2.04. The molecule has 1 fully saturated rings. The minimum Gasteiger partial charge on any atom is -0.478 e. The van der Waals surface area contributed by atoms with Gasteiger partial charge in [0.2, 0.25) is 0 Å². The summed E-state index contributed by atoms with van der Waals surface area (Å²) in [5, 5.41) is 13.8. The fourth-order valence-electron chi connectivity index (χ4n) is 3.71. The first-order valence-electron chi connectivity index (χ1n) is 8.42. The Morgan fingerprint density at radius 2 is 1.83 bits per heavy atom. The molecule has 0 spiro atoms. The van der Waals surface area contributed by atoms with Gasteiger partial charge in [0.1, 0.15) is 0 Å². The van der Waals surface area contributed by atoms with Crippen LogP contribution in [0.1, 0.15) is 53.6 Å². The number of carboxylic acid groups (broad SMARTS) is 1. The number of rotatable bonds is 4. The summed E-state index contributed by atoms with van der Waals surface area (Å²) in [5.74, 6) is -0.117. The molecule has 0 unspecified atom stereocenters. The number of aryl methyl sites for hydroxylation is 2. The van der Waals surface area contributed by atoms with Crippen LogP contribution in [0, 0.1) is 19.8 Å². The third kappa shape index (κ3) is 3.46. The molecule has 1 aliphatic carbocycles. The number of hydrogen-bond donors (Lipinski definition) is 1. The summed E-state index contributed by atoms with van der Waals surface area (Å²) in [6.07, 6.45) is 10.6. The van der Waals surface area contributed by atoms with Crippen LogP contribution in [0.2, 0.25) is 0 Å². The fraction of sp³-hybridized carbons (Fsp3) is 0.474. The summed E-state index contributed by atoms with van der Waals surface area (Å²) in [5.41, 5.74) is 4.10. The van der Waals surface area contributed by atoms with Crippen LogP contribution in [0.25, 0.3) is 11.1 Å². The highest BCUT2D eigenvalue weighted by atomic mass is 16.4. The molecule has 3 rings (SSSR count). The first-order valence-corrected chi connectivity index (χ1v) is 8.42. The molecule has 4 nitrogen and oxygen atoms in total. The van der Waals surface area contributed by atoms with Crippen molar-refractivity contribution < 1.29 is 9.90 Å². The molecular formula is C19H24N2O2. The van der Waals surface area contributed by atoms with E-state index in [2.05, 4.69) is 11.3 Å². The van der Waals surface area contributed by atoms with Gasteiger partial charge in [-0.15, -0.1) is 0 Å². The highest BCUT2D eigenvalue weighted by molar-refractivity contribution is 5.92. The molecule has 1 heterocycles. The Kier molecular flexibility index (Phi) is 4.51. The zero-order valence-corrected chi connectivity index (χ0v) is 13.9. The Bertz CT molecular complexity index is 689. The molecule has 122 valence electrons. The van der Waals surface area contributed by atoms with Gasteiger partial charge in [-0.3, -0.25) is 4.68 Å². The highest BCUT2D eigenvalue weighted by Crippen LogP contribution is 2.27. The van der Waals surface area contributed by atoms with Crippen LogP contribution in [0.5, 0.6) is 0 Å². The van der Waals surface area contributed by atoms with Crippen molar-refractivity contribution in [2.75, 3.05) is 0 Å². The van der Waals surface area contributed by atoms with Crippen molar-refractivity contribution in [3.05, 3.63) is 41.2 Å². The molecule has 1 aliphatic rings. The minimum absolute atomic E-state index is 0.406. The van der Waals surface area contributed by atoms with Gasteiger partial charge in [0.15, 0.2) is 0 Å². The molecule has 0 atom stereocenters. The zero-order chi connectivity index (χ0) is 16.4. The zero-order valence-electron chi connectivity index (χ0n) is 13.9. The average Bonchev–Trinajstić information content (AvgIpc) is 2.95. The van der Waals surface area contributed by atoms with Crippen LogP contribution in [0.15, 0.2) is 24.5 Å². The Balaban J connectivity index is 1.81. The predicted molar refractivity (Wildman–Crippen MR) is 90.7 cm³/mol. The van der Waals surface area contributed by atoms with E-state index in [4.69, 9.17) is 0 Å². The number of carbonyl (C=O) groups is 1. The van der Waals surface area contributed by atoms with E-state index in [-0.39, 0.29) is 0 Å². The molecule has 1 aromatic heterocycles. The van der Waals surface area contributed by atoms with Crippen LogP contribution < -0.4 is 0 Å². The fourth-order valence-corrected chi connectivity index (χ4v) is 3.71. The van der Waals surface area contributed by atoms with Crippen LogP contribution >= 0.6 is 0 Å². The maximum Gasteiger partial charge on any atom is 0.336 e. The maximum absolute atomic E-state index is 11.3. The second-order valence-electron chi connectivity index (χ2n) is 6.75. The van der Waals surface area contributed by atoms with Gasteiger partial charge in [-0.05, 0) is 49.3 Å². The molecule has 2 aromatic rings. The van der Waals surface area contributed by atoms with E-state index in [9.17, 15) is 9.90 Å². The normalized spacial score (nSPS) is 15.7. The Morgan fingerprint density at radius 1 is 1.17 bits per heavy atom. The Morgan fingerprint density at radius 3 is 2.43 bits per heavy atom. The molecule has 4 heteroatoms. The highest BCUT2D eigenvalue weighted by Gasteiger charge is 2.16. The van der Waals surface area contributed by atoms with Gasteiger partial charge in [0.25, 0.3) is 0 Å². The van der Waals surface area contributed by atoms with Crippen LogP contribution in [0.3, 0.4) is 0 Å². The van der Waals surface area contributed by atoms with Crippen LogP contribution in [-0.4, -0.2) is 20.9 Å². The van der Waals surface area contributed by atoms with Crippen molar-refractivity contribution in [3.8, 4) is 11.1 Å². The summed E-state index contributed by atoms with van der Waals surface area (Å²) in [7, 11) is 0. The molecule has 1 N–H and O–H groups in total. The van der Waals surface area contributed by atoms with Crippen molar-refractivity contribution in [1.29, 1.82) is 0 Å². The smallest absolute Gasteiger partial charge is 0.336 e. The summed E-state index contributed by atoms with van der Waals surface area (Å²) in [4.78, 5) is 11.3. The maximum atomic E-state index is 11.3. The van der Waals surface area contributed by atoms with Gasteiger partial charge in [-0.1, -0.05) is 31.4 Å². The second kappa shape index (κ2) is 6.57. The lowest BCUT2D eigenvalue weighted by atomic mass is 9.89. The second-order valence-corrected chi connectivity index (χ2v) is 6.75. The van der Waals surface area contributed by atoms with E-state index in [1.54, 1.807) is 0 Å².